The summed E-state index contributed by atoms with van der Waals surface area (Å²) in [5.74, 6) is 0.473. The first-order valence-corrected chi connectivity index (χ1v) is 8.10. The van der Waals surface area contributed by atoms with Crippen LogP contribution in [0.1, 0.15) is 40.1 Å². The first kappa shape index (κ1) is 21.5. The van der Waals surface area contributed by atoms with Gasteiger partial charge in [0.25, 0.3) is 5.91 Å². The molecule has 0 atom stereocenters. The van der Waals surface area contributed by atoms with Gasteiger partial charge in [-0.25, -0.2) is 0 Å². The fraction of sp³-hybridized carbons (Fsp3) is 0.389. The van der Waals surface area contributed by atoms with E-state index < -0.39 is 0 Å². The summed E-state index contributed by atoms with van der Waals surface area (Å²) >= 11 is 0. The van der Waals surface area contributed by atoms with E-state index in [1.54, 1.807) is 6.07 Å². The van der Waals surface area contributed by atoms with Gasteiger partial charge < -0.3 is 15.5 Å². The number of furan rings is 1. The second-order valence-electron chi connectivity index (χ2n) is 5.99. The zero-order valence-corrected chi connectivity index (χ0v) is 15.7. The first-order valence-electron chi connectivity index (χ1n) is 8.10. The van der Waals surface area contributed by atoms with Gasteiger partial charge in [0.05, 0.1) is 12.1 Å². The van der Waals surface area contributed by atoms with Crippen LogP contribution in [-0.2, 0) is 19.6 Å². The van der Waals surface area contributed by atoms with Gasteiger partial charge in [-0.05, 0) is 43.1 Å². The van der Waals surface area contributed by atoms with Gasteiger partial charge in [-0.15, -0.1) is 24.8 Å². The Hall–Kier alpha value is -1.53. The van der Waals surface area contributed by atoms with E-state index in [0.29, 0.717) is 24.4 Å². The number of nitrogens with two attached hydrogens (primary N) is 1. The number of hydrogen-bond donors (Lipinski definition) is 2. The molecule has 25 heavy (non-hydrogen) atoms. The molecule has 1 saturated heterocycles. The van der Waals surface area contributed by atoms with E-state index in [0.717, 1.165) is 12.1 Å². The highest BCUT2D eigenvalue weighted by Gasteiger charge is 2.12. The predicted octanol–water partition coefficient (Wildman–Crippen LogP) is 3.11. The van der Waals surface area contributed by atoms with Gasteiger partial charge in [0.2, 0.25) is 0 Å². The number of nitrogens with zero attached hydrogens (tertiary/aromatic N) is 1. The molecule has 0 unspecified atom stereocenters. The number of carbonyl (C=O) groups excluding carboxylic acids is 1. The van der Waals surface area contributed by atoms with Gasteiger partial charge in [0.15, 0.2) is 0 Å². The SMILES string of the molecule is Cl.Cl.NCc1cc(C(=O)NCc2cccc(CN3CCCC3)c2)co1. The molecule has 0 aliphatic carbocycles. The van der Waals surface area contributed by atoms with Crippen molar-refractivity contribution in [2.45, 2.75) is 32.5 Å². The van der Waals surface area contributed by atoms with E-state index in [4.69, 9.17) is 10.2 Å². The number of hydrogen-bond acceptors (Lipinski definition) is 4. The number of benzene rings is 1. The van der Waals surface area contributed by atoms with Gasteiger partial charge in [-0.2, -0.15) is 0 Å². The molecule has 0 radical (unpaired) electrons. The van der Waals surface area contributed by atoms with E-state index in [1.807, 2.05) is 6.07 Å². The molecule has 1 aliphatic rings. The zero-order chi connectivity index (χ0) is 16.1. The van der Waals surface area contributed by atoms with Gasteiger partial charge >= 0.3 is 0 Å². The number of carbonyl (C=O) groups is 1. The highest BCUT2D eigenvalue weighted by Crippen LogP contribution is 2.14. The van der Waals surface area contributed by atoms with Crippen LogP contribution in [0.4, 0.5) is 0 Å². The van der Waals surface area contributed by atoms with Crippen molar-refractivity contribution in [3.05, 3.63) is 59.0 Å². The molecule has 1 fully saturated rings. The first-order chi connectivity index (χ1) is 11.2. The molecule has 1 aromatic carbocycles. The molecule has 0 spiro atoms. The van der Waals surface area contributed by atoms with Crippen molar-refractivity contribution in [1.29, 1.82) is 0 Å². The minimum absolute atomic E-state index is 0. The van der Waals surface area contributed by atoms with E-state index in [2.05, 4.69) is 28.4 Å². The Morgan fingerprint density at radius 1 is 1.16 bits per heavy atom. The van der Waals surface area contributed by atoms with Crippen LogP contribution in [0.25, 0.3) is 0 Å². The van der Waals surface area contributed by atoms with Crippen LogP contribution in [0.2, 0.25) is 0 Å². The normalized spacial score (nSPS) is 13.8. The van der Waals surface area contributed by atoms with E-state index in [1.165, 1.54) is 37.8 Å². The molecule has 3 rings (SSSR count). The molecule has 7 heteroatoms. The summed E-state index contributed by atoms with van der Waals surface area (Å²) in [4.78, 5) is 14.6. The summed E-state index contributed by atoms with van der Waals surface area (Å²) in [6.45, 7) is 4.17. The fourth-order valence-electron chi connectivity index (χ4n) is 2.93. The fourth-order valence-corrected chi connectivity index (χ4v) is 2.93. The second kappa shape index (κ2) is 10.5. The Morgan fingerprint density at radius 3 is 2.56 bits per heavy atom. The average molecular weight is 386 g/mol. The van der Waals surface area contributed by atoms with Crippen molar-refractivity contribution >= 4 is 30.7 Å². The summed E-state index contributed by atoms with van der Waals surface area (Å²) in [6, 6.07) is 10.1. The van der Waals surface area contributed by atoms with Crippen molar-refractivity contribution in [3.8, 4) is 0 Å². The Kier molecular flexibility index (Phi) is 9.00. The summed E-state index contributed by atoms with van der Waals surface area (Å²) in [5.41, 5.74) is 8.40. The molecule has 2 aromatic rings. The Balaban J connectivity index is 0.00000156. The van der Waals surface area contributed by atoms with Crippen LogP contribution in [0.3, 0.4) is 0 Å². The monoisotopic (exact) mass is 385 g/mol. The molecule has 5 nitrogen and oxygen atoms in total. The number of rotatable bonds is 6. The Morgan fingerprint density at radius 2 is 1.88 bits per heavy atom. The number of halogens is 2. The summed E-state index contributed by atoms with van der Waals surface area (Å²) < 4.78 is 5.19. The quantitative estimate of drug-likeness (QED) is 0.800. The van der Waals surface area contributed by atoms with Crippen molar-refractivity contribution in [2.75, 3.05) is 13.1 Å². The summed E-state index contributed by atoms with van der Waals surface area (Å²) in [6.07, 6.45) is 4.04. The maximum Gasteiger partial charge on any atom is 0.254 e. The van der Waals surface area contributed by atoms with Crippen LogP contribution >= 0.6 is 24.8 Å². The Bertz CT molecular complexity index is 670. The summed E-state index contributed by atoms with van der Waals surface area (Å²) in [5, 5.41) is 2.92. The molecule has 1 amide bonds. The molecule has 1 aromatic heterocycles. The molecule has 0 saturated carbocycles. The standard InChI is InChI=1S/C18H23N3O2.2ClH/c19-10-17-9-16(13-23-17)18(22)20-11-14-4-3-5-15(8-14)12-21-6-1-2-7-21;;/h3-5,8-9,13H,1-2,6-7,10-12,19H2,(H,20,22);2*1H. The van der Waals surface area contributed by atoms with Crippen LogP contribution in [-0.4, -0.2) is 23.9 Å². The van der Waals surface area contributed by atoms with Gasteiger partial charge in [-0.1, -0.05) is 24.3 Å². The number of amides is 1. The van der Waals surface area contributed by atoms with Crippen molar-refractivity contribution in [2.24, 2.45) is 5.73 Å². The third-order valence-corrected chi connectivity index (χ3v) is 4.17. The van der Waals surface area contributed by atoms with E-state index >= 15 is 0 Å². The highest BCUT2D eigenvalue weighted by molar-refractivity contribution is 5.93. The average Bonchev–Trinajstić information content (AvgIpc) is 3.24. The highest BCUT2D eigenvalue weighted by atomic mass is 35.5. The molecule has 138 valence electrons. The predicted molar refractivity (Wildman–Crippen MR) is 103 cm³/mol. The molecule has 1 aliphatic heterocycles. The molecular weight excluding hydrogens is 361 g/mol. The van der Waals surface area contributed by atoms with Crippen LogP contribution in [0.15, 0.2) is 41.0 Å². The number of nitrogens with one attached hydrogen (secondary N) is 1. The van der Waals surface area contributed by atoms with Crippen molar-refractivity contribution < 1.29 is 9.21 Å². The molecular formula is C18H25Cl2N3O2. The lowest BCUT2D eigenvalue weighted by Gasteiger charge is -2.15. The minimum Gasteiger partial charge on any atom is -0.467 e. The van der Waals surface area contributed by atoms with Gasteiger partial charge in [-0.3, -0.25) is 9.69 Å². The maximum atomic E-state index is 12.1. The minimum atomic E-state index is -0.140. The molecule has 2 heterocycles. The van der Waals surface area contributed by atoms with Crippen LogP contribution < -0.4 is 11.1 Å². The lowest BCUT2D eigenvalue weighted by Crippen LogP contribution is -2.22. The van der Waals surface area contributed by atoms with Crippen molar-refractivity contribution in [1.82, 2.24) is 10.2 Å². The zero-order valence-electron chi connectivity index (χ0n) is 14.1. The van der Waals surface area contributed by atoms with Crippen molar-refractivity contribution in [3.63, 3.8) is 0 Å². The summed E-state index contributed by atoms with van der Waals surface area (Å²) in [7, 11) is 0. The molecule has 0 bridgehead atoms. The lowest BCUT2D eigenvalue weighted by atomic mass is 10.1. The molecule has 3 N–H and O–H groups in total. The van der Waals surface area contributed by atoms with Crippen LogP contribution in [0, 0.1) is 0 Å². The van der Waals surface area contributed by atoms with Gasteiger partial charge in [0.1, 0.15) is 12.0 Å². The topological polar surface area (TPSA) is 71.5 Å². The lowest BCUT2D eigenvalue weighted by molar-refractivity contribution is 0.0950. The number of likely N-dealkylation sites (tertiary alicyclic amines) is 1. The Labute approximate surface area is 160 Å². The second-order valence-corrected chi connectivity index (χ2v) is 5.99. The van der Waals surface area contributed by atoms with E-state index in [-0.39, 0.29) is 30.7 Å². The third-order valence-electron chi connectivity index (χ3n) is 4.17. The smallest absolute Gasteiger partial charge is 0.254 e. The van der Waals surface area contributed by atoms with Gasteiger partial charge in [0, 0.05) is 13.1 Å². The third kappa shape index (κ3) is 6.04. The van der Waals surface area contributed by atoms with Crippen LogP contribution in [0.5, 0.6) is 0 Å². The largest absolute Gasteiger partial charge is 0.467 e. The maximum absolute atomic E-state index is 12.1. The van der Waals surface area contributed by atoms with E-state index in [9.17, 15) is 4.79 Å².